The summed E-state index contributed by atoms with van der Waals surface area (Å²) in [4.78, 5) is 8.29. The lowest BCUT2D eigenvalue weighted by Crippen LogP contribution is -2.34. The average Bonchev–Trinajstić information content (AvgIpc) is 3.40. The van der Waals surface area contributed by atoms with Crippen molar-refractivity contribution >= 4 is 29.7 Å². The highest BCUT2D eigenvalue weighted by Crippen LogP contribution is 2.59. The molecule has 2 aliphatic heterocycles. The lowest BCUT2D eigenvalue weighted by Gasteiger charge is -2.23. The van der Waals surface area contributed by atoms with Gasteiger partial charge in [0.25, 0.3) is 0 Å². The third-order valence-electron chi connectivity index (χ3n) is 6.11. The minimum atomic E-state index is 0. The minimum Gasteiger partial charge on any atom is -0.391 e. The molecule has 124 valence electrons. The molecule has 4 aliphatic rings. The molecule has 3 atom stereocenters. The molecular formula is C19H25IN2O. The standard InChI is InChI=1S/C19H24N2O.HI/c1-13-2-6-15(7-3-13)19-9-16(19)10-21(12-19)11-17-8-18(20-22-17)14-4-5-14;/h2-3,6-7,14,16-17H,4-5,8-12H2,1H3;1H/t16-,17?,19+;/m0./s1. The van der Waals surface area contributed by atoms with Gasteiger partial charge in [-0.15, -0.1) is 24.0 Å². The van der Waals surface area contributed by atoms with Crippen LogP contribution in [0.15, 0.2) is 29.4 Å². The van der Waals surface area contributed by atoms with E-state index in [-0.39, 0.29) is 24.0 Å². The predicted molar refractivity (Wildman–Crippen MR) is 102 cm³/mol. The molecule has 5 rings (SSSR count). The number of likely N-dealkylation sites (tertiary alicyclic amines) is 1. The van der Waals surface area contributed by atoms with Gasteiger partial charge in [0.1, 0.15) is 6.10 Å². The van der Waals surface area contributed by atoms with Crippen LogP contribution in [0.4, 0.5) is 0 Å². The van der Waals surface area contributed by atoms with Crippen molar-refractivity contribution in [1.29, 1.82) is 0 Å². The number of halogens is 1. The number of rotatable bonds is 4. The number of aryl methyl sites for hydroxylation is 1. The summed E-state index contributed by atoms with van der Waals surface area (Å²) in [6.07, 6.45) is 5.42. The van der Waals surface area contributed by atoms with E-state index < -0.39 is 0 Å². The molecule has 2 heterocycles. The summed E-state index contributed by atoms with van der Waals surface area (Å²) >= 11 is 0. The number of hydrogen-bond donors (Lipinski definition) is 0. The van der Waals surface area contributed by atoms with Crippen molar-refractivity contribution in [2.24, 2.45) is 17.0 Å². The van der Waals surface area contributed by atoms with Crippen LogP contribution in [0.25, 0.3) is 0 Å². The predicted octanol–water partition coefficient (Wildman–Crippen LogP) is 3.74. The Balaban J connectivity index is 0.00000135. The van der Waals surface area contributed by atoms with Crippen LogP contribution >= 0.6 is 24.0 Å². The van der Waals surface area contributed by atoms with Gasteiger partial charge in [0, 0.05) is 37.4 Å². The average molecular weight is 424 g/mol. The van der Waals surface area contributed by atoms with Crippen LogP contribution in [0.2, 0.25) is 0 Å². The summed E-state index contributed by atoms with van der Waals surface area (Å²) in [5.41, 5.74) is 4.69. The Morgan fingerprint density at radius 1 is 1.26 bits per heavy atom. The summed E-state index contributed by atoms with van der Waals surface area (Å²) < 4.78 is 0. The molecule has 0 radical (unpaired) electrons. The second-order valence-corrected chi connectivity index (χ2v) is 7.91. The number of nitrogens with zero attached hydrogens (tertiary/aromatic N) is 2. The zero-order chi connectivity index (χ0) is 14.7. The van der Waals surface area contributed by atoms with Crippen molar-refractivity contribution in [2.75, 3.05) is 19.6 Å². The molecule has 4 heteroatoms. The third-order valence-corrected chi connectivity index (χ3v) is 6.11. The van der Waals surface area contributed by atoms with E-state index in [0.29, 0.717) is 11.5 Å². The normalized spacial score (nSPS) is 35.3. The Labute approximate surface area is 155 Å². The maximum atomic E-state index is 5.68. The molecule has 3 nitrogen and oxygen atoms in total. The highest BCUT2D eigenvalue weighted by Gasteiger charge is 2.60. The van der Waals surface area contributed by atoms with Gasteiger partial charge in [-0.25, -0.2) is 0 Å². The highest BCUT2D eigenvalue weighted by molar-refractivity contribution is 14.0. The second kappa shape index (κ2) is 5.73. The van der Waals surface area contributed by atoms with Gasteiger partial charge in [-0.1, -0.05) is 35.0 Å². The Morgan fingerprint density at radius 3 is 2.78 bits per heavy atom. The fourth-order valence-corrected chi connectivity index (χ4v) is 4.55. The largest absolute Gasteiger partial charge is 0.391 e. The molecule has 23 heavy (non-hydrogen) atoms. The first kappa shape index (κ1) is 15.9. The topological polar surface area (TPSA) is 24.8 Å². The van der Waals surface area contributed by atoms with E-state index in [1.807, 2.05) is 0 Å². The molecule has 2 aliphatic carbocycles. The van der Waals surface area contributed by atoms with Crippen LogP contribution in [0.5, 0.6) is 0 Å². The van der Waals surface area contributed by atoms with Gasteiger partial charge in [0.2, 0.25) is 0 Å². The second-order valence-electron chi connectivity index (χ2n) is 7.91. The Hall–Kier alpha value is -0.620. The molecule has 0 bridgehead atoms. The molecule has 0 spiro atoms. The van der Waals surface area contributed by atoms with Crippen molar-refractivity contribution in [3.63, 3.8) is 0 Å². The number of benzene rings is 1. The summed E-state index contributed by atoms with van der Waals surface area (Å²) in [6, 6.07) is 9.22. The Kier molecular flexibility index (Phi) is 3.95. The van der Waals surface area contributed by atoms with E-state index in [0.717, 1.165) is 24.8 Å². The molecule has 0 aromatic heterocycles. The Morgan fingerprint density at radius 2 is 2.04 bits per heavy atom. The van der Waals surface area contributed by atoms with Crippen LogP contribution in [0, 0.1) is 18.8 Å². The fourth-order valence-electron chi connectivity index (χ4n) is 4.55. The van der Waals surface area contributed by atoms with E-state index in [2.05, 4.69) is 41.2 Å². The number of fused-ring (bicyclic) bond motifs is 1. The fraction of sp³-hybridized carbons (Fsp3) is 0.632. The smallest absolute Gasteiger partial charge is 0.145 e. The first-order valence-corrected chi connectivity index (χ1v) is 8.75. The van der Waals surface area contributed by atoms with Gasteiger partial charge in [-0.2, -0.15) is 0 Å². The molecule has 1 aromatic carbocycles. The molecule has 0 amide bonds. The summed E-state index contributed by atoms with van der Waals surface area (Å²) in [5.74, 6) is 1.62. The first-order chi connectivity index (χ1) is 10.7. The SMILES string of the molecule is Cc1ccc([C@]23C[C@H]2CN(CC2CC(C4CC4)=NO2)C3)cc1.I. The van der Waals surface area contributed by atoms with Gasteiger partial charge >= 0.3 is 0 Å². The van der Waals surface area contributed by atoms with Crippen molar-refractivity contribution in [1.82, 2.24) is 4.90 Å². The maximum Gasteiger partial charge on any atom is 0.145 e. The molecule has 0 N–H and O–H groups in total. The van der Waals surface area contributed by atoms with Gasteiger partial charge in [0.15, 0.2) is 0 Å². The van der Waals surface area contributed by atoms with Gasteiger partial charge in [-0.3, -0.25) is 4.90 Å². The van der Waals surface area contributed by atoms with Crippen LogP contribution in [0.1, 0.15) is 36.8 Å². The van der Waals surface area contributed by atoms with Gasteiger partial charge in [-0.05, 0) is 37.7 Å². The van der Waals surface area contributed by atoms with Gasteiger partial charge in [0.05, 0.1) is 5.71 Å². The number of hydrogen-bond acceptors (Lipinski definition) is 3. The first-order valence-electron chi connectivity index (χ1n) is 8.75. The van der Waals surface area contributed by atoms with Crippen LogP contribution in [-0.2, 0) is 10.3 Å². The van der Waals surface area contributed by atoms with E-state index in [1.54, 1.807) is 5.56 Å². The lowest BCUT2D eigenvalue weighted by molar-refractivity contribution is 0.0554. The molecule has 1 saturated heterocycles. The zero-order valence-electron chi connectivity index (χ0n) is 13.7. The van der Waals surface area contributed by atoms with Crippen molar-refractivity contribution in [3.8, 4) is 0 Å². The van der Waals surface area contributed by atoms with E-state index in [9.17, 15) is 0 Å². The molecule has 3 fully saturated rings. The molecule has 1 unspecified atom stereocenters. The highest BCUT2D eigenvalue weighted by atomic mass is 127. The van der Waals surface area contributed by atoms with Crippen molar-refractivity contribution in [2.45, 2.75) is 44.1 Å². The third kappa shape index (κ3) is 2.82. The molecule has 2 saturated carbocycles. The summed E-state index contributed by atoms with van der Waals surface area (Å²) in [6.45, 7) is 5.68. The summed E-state index contributed by atoms with van der Waals surface area (Å²) in [5, 5.41) is 4.33. The van der Waals surface area contributed by atoms with Crippen molar-refractivity contribution in [3.05, 3.63) is 35.4 Å². The van der Waals surface area contributed by atoms with E-state index in [1.165, 1.54) is 43.6 Å². The van der Waals surface area contributed by atoms with E-state index >= 15 is 0 Å². The molecule has 1 aromatic rings. The lowest BCUT2D eigenvalue weighted by atomic mass is 9.94. The quantitative estimate of drug-likeness (QED) is 0.689. The zero-order valence-corrected chi connectivity index (χ0v) is 16.0. The maximum absolute atomic E-state index is 5.68. The van der Waals surface area contributed by atoms with E-state index in [4.69, 9.17) is 4.84 Å². The van der Waals surface area contributed by atoms with Crippen LogP contribution in [-0.4, -0.2) is 36.3 Å². The Bertz CT molecular complexity index is 625. The monoisotopic (exact) mass is 424 g/mol. The van der Waals surface area contributed by atoms with Crippen LogP contribution in [0.3, 0.4) is 0 Å². The van der Waals surface area contributed by atoms with Crippen molar-refractivity contribution < 1.29 is 4.84 Å². The number of piperidine rings is 1. The van der Waals surface area contributed by atoms with Crippen LogP contribution < -0.4 is 0 Å². The van der Waals surface area contributed by atoms with Gasteiger partial charge < -0.3 is 4.84 Å². The minimum absolute atomic E-state index is 0. The number of oxime groups is 1. The summed E-state index contributed by atoms with van der Waals surface area (Å²) in [7, 11) is 0. The molecular weight excluding hydrogens is 399 g/mol.